The summed E-state index contributed by atoms with van der Waals surface area (Å²) in [7, 11) is 0. The van der Waals surface area contributed by atoms with Crippen LogP contribution < -0.4 is 5.73 Å². The Morgan fingerprint density at radius 2 is 1.92 bits per heavy atom. The molecule has 1 rings (SSSR count). The molecule has 2 nitrogen and oxygen atoms in total. The average Bonchev–Trinajstić information content (AvgIpc) is 1.94. The van der Waals surface area contributed by atoms with Crippen LogP contribution in [0.5, 0.6) is 5.75 Å². The number of benzene rings is 1. The molecule has 3 heteroatoms. The summed E-state index contributed by atoms with van der Waals surface area (Å²) in [6.45, 7) is 5.16. The Balaban J connectivity index is 3.32. The van der Waals surface area contributed by atoms with Gasteiger partial charge in [-0.25, -0.2) is 4.39 Å². The van der Waals surface area contributed by atoms with Gasteiger partial charge in [-0.2, -0.15) is 0 Å². The van der Waals surface area contributed by atoms with Gasteiger partial charge in [0.15, 0.2) is 0 Å². The fourth-order valence-corrected chi connectivity index (χ4v) is 1.16. The zero-order chi connectivity index (χ0) is 10.2. The molecule has 13 heavy (non-hydrogen) atoms. The maximum Gasteiger partial charge on any atom is 0.131 e. The Labute approximate surface area is 77.2 Å². The van der Waals surface area contributed by atoms with Crippen LogP contribution in [-0.2, 0) is 5.54 Å². The van der Waals surface area contributed by atoms with E-state index in [1.54, 1.807) is 26.8 Å². The van der Waals surface area contributed by atoms with Crippen LogP contribution in [0.25, 0.3) is 0 Å². The molecule has 0 bridgehead atoms. The molecular formula is C10H14FNO. The molecule has 0 aliphatic carbocycles. The van der Waals surface area contributed by atoms with Crippen LogP contribution in [0.3, 0.4) is 0 Å². The predicted octanol–water partition coefficient (Wildman–Crippen LogP) is 2.03. The SMILES string of the molecule is Cc1cc(C(C)(C)N)c(F)cc1O. The highest BCUT2D eigenvalue weighted by molar-refractivity contribution is 5.38. The summed E-state index contributed by atoms with van der Waals surface area (Å²) < 4.78 is 13.3. The normalized spacial score (nSPS) is 11.8. The molecule has 0 radical (unpaired) electrons. The maximum atomic E-state index is 13.3. The number of hydrogen-bond acceptors (Lipinski definition) is 2. The first-order valence-electron chi connectivity index (χ1n) is 4.11. The summed E-state index contributed by atoms with van der Waals surface area (Å²) in [6.07, 6.45) is 0. The molecule has 0 spiro atoms. The van der Waals surface area contributed by atoms with E-state index in [0.717, 1.165) is 6.07 Å². The smallest absolute Gasteiger partial charge is 0.131 e. The van der Waals surface area contributed by atoms with Crippen LogP contribution in [-0.4, -0.2) is 5.11 Å². The number of rotatable bonds is 1. The molecule has 1 aromatic carbocycles. The molecule has 0 saturated heterocycles. The van der Waals surface area contributed by atoms with E-state index < -0.39 is 11.4 Å². The maximum absolute atomic E-state index is 13.3. The van der Waals surface area contributed by atoms with Crippen LogP contribution in [0, 0.1) is 12.7 Å². The first kappa shape index (κ1) is 9.99. The number of phenols is 1. The summed E-state index contributed by atoms with van der Waals surface area (Å²) in [6, 6.07) is 2.67. The molecule has 0 saturated carbocycles. The molecule has 1 aromatic rings. The van der Waals surface area contributed by atoms with E-state index in [0.29, 0.717) is 11.1 Å². The van der Waals surface area contributed by atoms with Crippen LogP contribution in [0.1, 0.15) is 25.0 Å². The lowest BCUT2D eigenvalue weighted by Gasteiger charge is -2.20. The highest BCUT2D eigenvalue weighted by Crippen LogP contribution is 2.26. The van der Waals surface area contributed by atoms with Crippen molar-refractivity contribution in [3.63, 3.8) is 0 Å². The minimum absolute atomic E-state index is 0.0366. The van der Waals surface area contributed by atoms with Gasteiger partial charge in [0.05, 0.1) is 0 Å². The number of aromatic hydroxyl groups is 1. The molecule has 0 unspecified atom stereocenters. The lowest BCUT2D eigenvalue weighted by molar-refractivity contribution is 0.454. The van der Waals surface area contributed by atoms with Crippen LogP contribution >= 0.6 is 0 Å². The Kier molecular flexibility index (Phi) is 2.30. The molecule has 72 valence electrons. The number of nitrogens with two attached hydrogens (primary N) is 1. The van der Waals surface area contributed by atoms with Crippen molar-refractivity contribution in [2.24, 2.45) is 5.73 Å². The van der Waals surface area contributed by atoms with Crippen molar-refractivity contribution in [2.75, 3.05) is 0 Å². The Morgan fingerprint density at radius 3 is 2.38 bits per heavy atom. The summed E-state index contributed by atoms with van der Waals surface area (Å²) in [5.74, 6) is -0.499. The largest absolute Gasteiger partial charge is 0.508 e. The molecule has 0 amide bonds. The van der Waals surface area contributed by atoms with Crippen molar-refractivity contribution in [1.82, 2.24) is 0 Å². The Hall–Kier alpha value is -1.09. The fourth-order valence-electron chi connectivity index (χ4n) is 1.16. The third-order valence-electron chi connectivity index (χ3n) is 1.98. The van der Waals surface area contributed by atoms with Crippen molar-refractivity contribution in [2.45, 2.75) is 26.3 Å². The molecule has 0 aliphatic rings. The second-order valence-corrected chi connectivity index (χ2v) is 3.84. The van der Waals surface area contributed by atoms with E-state index in [1.807, 2.05) is 0 Å². The van der Waals surface area contributed by atoms with E-state index in [1.165, 1.54) is 0 Å². The molecule has 0 aliphatic heterocycles. The number of aryl methyl sites for hydroxylation is 1. The Bertz CT molecular complexity index is 328. The van der Waals surface area contributed by atoms with Gasteiger partial charge in [0.1, 0.15) is 11.6 Å². The van der Waals surface area contributed by atoms with E-state index >= 15 is 0 Å². The monoisotopic (exact) mass is 183 g/mol. The van der Waals surface area contributed by atoms with E-state index in [4.69, 9.17) is 5.73 Å². The van der Waals surface area contributed by atoms with Gasteiger partial charge in [-0.1, -0.05) is 0 Å². The second kappa shape index (κ2) is 3.00. The van der Waals surface area contributed by atoms with Crippen molar-refractivity contribution >= 4 is 0 Å². The molecule has 3 N–H and O–H groups in total. The van der Waals surface area contributed by atoms with Gasteiger partial charge in [-0.3, -0.25) is 0 Å². The lowest BCUT2D eigenvalue weighted by Crippen LogP contribution is -2.29. The summed E-state index contributed by atoms with van der Waals surface area (Å²) in [5.41, 5.74) is 6.09. The predicted molar refractivity (Wildman–Crippen MR) is 50.0 cm³/mol. The topological polar surface area (TPSA) is 46.2 Å². The summed E-state index contributed by atoms with van der Waals surface area (Å²) >= 11 is 0. The van der Waals surface area contributed by atoms with Crippen LogP contribution in [0.2, 0.25) is 0 Å². The molecular weight excluding hydrogens is 169 g/mol. The average molecular weight is 183 g/mol. The number of phenolic OH excluding ortho intramolecular Hbond substituents is 1. The quantitative estimate of drug-likeness (QED) is 0.699. The molecule has 0 heterocycles. The van der Waals surface area contributed by atoms with E-state index in [-0.39, 0.29) is 5.75 Å². The third kappa shape index (κ3) is 1.98. The molecule has 0 fully saturated rings. The number of hydrogen-bond donors (Lipinski definition) is 2. The standard InChI is InChI=1S/C10H14FNO/c1-6-4-7(10(2,3)12)8(11)5-9(6)13/h4-5,13H,12H2,1-3H3. The molecule has 0 atom stereocenters. The summed E-state index contributed by atoms with van der Waals surface area (Å²) in [4.78, 5) is 0. The van der Waals surface area contributed by atoms with Gasteiger partial charge in [-0.15, -0.1) is 0 Å². The van der Waals surface area contributed by atoms with E-state index in [2.05, 4.69) is 0 Å². The van der Waals surface area contributed by atoms with Gasteiger partial charge >= 0.3 is 0 Å². The van der Waals surface area contributed by atoms with Crippen LogP contribution in [0.15, 0.2) is 12.1 Å². The lowest BCUT2D eigenvalue weighted by atomic mass is 9.93. The van der Waals surface area contributed by atoms with Gasteiger partial charge in [0.2, 0.25) is 0 Å². The second-order valence-electron chi connectivity index (χ2n) is 3.84. The first-order valence-corrected chi connectivity index (χ1v) is 4.11. The van der Waals surface area contributed by atoms with Gasteiger partial charge < -0.3 is 10.8 Å². The Morgan fingerprint density at radius 1 is 1.38 bits per heavy atom. The van der Waals surface area contributed by atoms with Crippen molar-refractivity contribution in [3.05, 3.63) is 29.1 Å². The first-order chi connectivity index (χ1) is 5.82. The van der Waals surface area contributed by atoms with Gasteiger partial charge in [-0.05, 0) is 32.4 Å². The highest BCUT2D eigenvalue weighted by atomic mass is 19.1. The zero-order valence-electron chi connectivity index (χ0n) is 8.06. The van der Waals surface area contributed by atoms with Gasteiger partial charge in [0.25, 0.3) is 0 Å². The van der Waals surface area contributed by atoms with Crippen molar-refractivity contribution in [3.8, 4) is 5.75 Å². The van der Waals surface area contributed by atoms with Crippen LogP contribution in [0.4, 0.5) is 4.39 Å². The summed E-state index contributed by atoms with van der Waals surface area (Å²) in [5, 5.41) is 9.21. The fraction of sp³-hybridized carbons (Fsp3) is 0.400. The third-order valence-corrected chi connectivity index (χ3v) is 1.98. The van der Waals surface area contributed by atoms with E-state index in [9.17, 15) is 9.50 Å². The van der Waals surface area contributed by atoms with Gasteiger partial charge in [0, 0.05) is 17.2 Å². The minimum atomic E-state index is -0.720. The van der Waals surface area contributed by atoms with Crippen molar-refractivity contribution in [1.29, 1.82) is 0 Å². The van der Waals surface area contributed by atoms with Crippen molar-refractivity contribution < 1.29 is 9.50 Å². The molecule has 0 aromatic heterocycles. The highest BCUT2D eigenvalue weighted by Gasteiger charge is 2.19. The number of halogens is 1. The minimum Gasteiger partial charge on any atom is -0.508 e. The zero-order valence-corrected chi connectivity index (χ0v) is 8.06.